The van der Waals surface area contributed by atoms with E-state index in [1.54, 1.807) is 17.9 Å². The van der Waals surface area contributed by atoms with Gasteiger partial charge in [0.15, 0.2) is 0 Å². The maximum atomic E-state index is 12.3. The van der Waals surface area contributed by atoms with Crippen LogP contribution in [0.3, 0.4) is 0 Å². The molecule has 2 aliphatic heterocycles. The summed E-state index contributed by atoms with van der Waals surface area (Å²) in [5.41, 5.74) is 0.0589. The Kier molecular flexibility index (Phi) is 7.05. The van der Waals surface area contributed by atoms with Crippen molar-refractivity contribution >= 4 is 24.3 Å². The van der Waals surface area contributed by atoms with Crippen LogP contribution in [0, 0.1) is 6.92 Å². The first kappa shape index (κ1) is 20.3. The largest absolute Gasteiger partial charge is 0.427 e. The Bertz CT molecular complexity index is 715. The number of amides is 3. The summed E-state index contributed by atoms with van der Waals surface area (Å²) in [6, 6.07) is 1.66. The van der Waals surface area contributed by atoms with Crippen LogP contribution in [0.1, 0.15) is 40.4 Å². The maximum Gasteiger partial charge on any atom is 0.349 e. The van der Waals surface area contributed by atoms with Gasteiger partial charge in [-0.1, -0.05) is 0 Å². The first-order chi connectivity index (χ1) is 12.1. The molecule has 3 rings (SSSR count). The smallest absolute Gasteiger partial charge is 0.349 e. The molecular formula is C17H25ClN4O4. The number of urea groups is 1. The third-order valence-corrected chi connectivity index (χ3v) is 4.71. The lowest BCUT2D eigenvalue weighted by atomic mass is 9.95. The monoisotopic (exact) mass is 384 g/mol. The number of rotatable bonds is 5. The van der Waals surface area contributed by atoms with Crippen LogP contribution in [0.25, 0.3) is 0 Å². The molecule has 9 heteroatoms. The van der Waals surface area contributed by atoms with Gasteiger partial charge in [0.2, 0.25) is 0 Å². The van der Waals surface area contributed by atoms with Crippen molar-refractivity contribution in [2.45, 2.75) is 25.7 Å². The number of hydrogen-bond acceptors (Lipinski definition) is 5. The molecule has 144 valence electrons. The number of nitrogens with one attached hydrogen (secondary N) is 3. The Morgan fingerprint density at radius 3 is 2.81 bits per heavy atom. The molecule has 8 nitrogen and oxygen atoms in total. The van der Waals surface area contributed by atoms with E-state index < -0.39 is 11.5 Å². The van der Waals surface area contributed by atoms with E-state index in [9.17, 15) is 14.4 Å². The second-order valence-electron chi connectivity index (χ2n) is 6.51. The molecule has 1 atom stereocenters. The summed E-state index contributed by atoms with van der Waals surface area (Å²) in [5.74, 6) is 0.352. The molecule has 0 spiro atoms. The van der Waals surface area contributed by atoms with Gasteiger partial charge in [-0.05, 0) is 37.9 Å². The lowest BCUT2D eigenvalue weighted by Gasteiger charge is -2.22. The second kappa shape index (κ2) is 9.05. The van der Waals surface area contributed by atoms with Gasteiger partial charge < -0.3 is 25.3 Å². The molecule has 1 aromatic heterocycles. The number of carbonyl (C=O) groups excluding carboxylic acids is 2. The third-order valence-electron chi connectivity index (χ3n) is 4.71. The summed E-state index contributed by atoms with van der Waals surface area (Å²) < 4.78 is 5.42. The predicted molar refractivity (Wildman–Crippen MR) is 99.1 cm³/mol. The summed E-state index contributed by atoms with van der Waals surface area (Å²) in [4.78, 5) is 37.7. The molecule has 0 aliphatic carbocycles. The molecule has 2 fully saturated rings. The second-order valence-corrected chi connectivity index (χ2v) is 6.51. The van der Waals surface area contributed by atoms with Gasteiger partial charge in [-0.25, -0.2) is 9.59 Å². The Balaban J connectivity index is 0.00000243. The summed E-state index contributed by atoms with van der Waals surface area (Å²) >= 11 is 0. The Labute approximate surface area is 158 Å². The highest BCUT2D eigenvalue weighted by molar-refractivity contribution is 5.95. The fourth-order valence-electron chi connectivity index (χ4n) is 3.32. The lowest BCUT2D eigenvalue weighted by molar-refractivity contribution is 0.0945. The average Bonchev–Trinajstić information content (AvgIpc) is 3.00. The van der Waals surface area contributed by atoms with Crippen LogP contribution in [0.5, 0.6) is 0 Å². The van der Waals surface area contributed by atoms with Crippen molar-refractivity contribution in [2.24, 2.45) is 0 Å². The molecule has 3 heterocycles. The first-order valence-corrected chi connectivity index (χ1v) is 8.72. The van der Waals surface area contributed by atoms with E-state index in [0.717, 1.165) is 25.9 Å². The molecule has 3 amide bonds. The van der Waals surface area contributed by atoms with E-state index in [4.69, 9.17) is 4.42 Å². The van der Waals surface area contributed by atoms with Crippen LogP contribution in [-0.2, 0) is 0 Å². The molecule has 2 saturated heterocycles. The van der Waals surface area contributed by atoms with E-state index >= 15 is 0 Å². The molecule has 1 aromatic rings. The number of piperidine rings is 1. The van der Waals surface area contributed by atoms with Gasteiger partial charge in [-0.2, -0.15) is 0 Å². The average molecular weight is 385 g/mol. The Morgan fingerprint density at radius 1 is 1.38 bits per heavy atom. The van der Waals surface area contributed by atoms with Crippen molar-refractivity contribution in [3.05, 3.63) is 33.4 Å². The highest BCUT2D eigenvalue weighted by Gasteiger charge is 2.23. The van der Waals surface area contributed by atoms with Crippen molar-refractivity contribution in [1.82, 2.24) is 20.9 Å². The van der Waals surface area contributed by atoms with Gasteiger partial charge in [-0.15, -0.1) is 12.4 Å². The third kappa shape index (κ3) is 4.56. The van der Waals surface area contributed by atoms with Crippen LogP contribution < -0.4 is 21.6 Å². The van der Waals surface area contributed by atoms with Crippen LogP contribution >= 0.6 is 12.4 Å². The standard InChI is InChI=1S/C17H24N4O4.ClH/c1-11-9-13(12-3-2-4-18-10-12)25-16(23)14(11)15(22)19-5-7-21-8-6-20-17(21)24;/h9,12,18H,2-8,10H2,1H3,(H,19,22)(H,20,24);1H. The Hall–Kier alpha value is -2.06. The SMILES string of the molecule is Cc1cc(C2CCCNC2)oc(=O)c1C(=O)NCCN1CCNC1=O.Cl. The van der Waals surface area contributed by atoms with E-state index in [1.165, 1.54) is 0 Å². The molecule has 3 N–H and O–H groups in total. The summed E-state index contributed by atoms with van der Waals surface area (Å²) in [7, 11) is 0. The van der Waals surface area contributed by atoms with E-state index in [-0.39, 0.29) is 29.9 Å². The minimum absolute atomic E-state index is 0. The van der Waals surface area contributed by atoms with Crippen molar-refractivity contribution in [3.8, 4) is 0 Å². The zero-order chi connectivity index (χ0) is 17.8. The molecule has 26 heavy (non-hydrogen) atoms. The number of nitrogens with zero attached hydrogens (tertiary/aromatic N) is 1. The molecule has 2 aliphatic rings. The van der Waals surface area contributed by atoms with Crippen molar-refractivity contribution in [2.75, 3.05) is 39.3 Å². The van der Waals surface area contributed by atoms with Gasteiger partial charge in [0.1, 0.15) is 11.3 Å². The van der Waals surface area contributed by atoms with Gasteiger partial charge in [0.05, 0.1) is 0 Å². The Morgan fingerprint density at radius 2 is 2.19 bits per heavy atom. The molecule has 1 unspecified atom stereocenters. The van der Waals surface area contributed by atoms with Crippen molar-refractivity contribution < 1.29 is 14.0 Å². The number of halogens is 1. The summed E-state index contributed by atoms with van der Waals surface area (Å²) in [6.45, 7) is 5.46. The molecule has 0 radical (unpaired) electrons. The zero-order valence-electron chi connectivity index (χ0n) is 14.8. The molecule has 0 aromatic carbocycles. The molecule has 0 bridgehead atoms. The summed E-state index contributed by atoms with van der Waals surface area (Å²) in [5, 5.41) is 8.68. The molecule has 0 saturated carbocycles. The maximum absolute atomic E-state index is 12.3. The first-order valence-electron chi connectivity index (χ1n) is 8.72. The zero-order valence-corrected chi connectivity index (χ0v) is 15.6. The fraction of sp³-hybridized carbons (Fsp3) is 0.588. The van der Waals surface area contributed by atoms with Crippen LogP contribution in [0.2, 0.25) is 0 Å². The van der Waals surface area contributed by atoms with Crippen LogP contribution in [-0.4, -0.2) is 56.1 Å². The van der Waals surface area contributed by atoms with E-state index in [1.807, 2.05) is 0 Å². The quantitative estimate of drug-likeness (QED) is 0.689. The minimum Gasteiger partial charge on any atom is -0.427 e. The van der Waals surface area contributed by atoms with E-state index in [0.29, 0.717) is 37.5 Å². The number of carbonyl (C=O) groups is 2. The lowest BCUT2D eigenvalue weighted by Crippen LogP contribution is -2.38. The predicted octanol–water partition coefficient (Wildman–Crippen LogP) is 0.592. The van der Waals surface area contributed by atoms with Crippen LogP contribution in [0.15, 0.2) is 15.3 Å². The summed E-state index contributed by atoms with van der Waals surface area (Å²) in [6.07, 6.45) is 2.01. The normalized spacial score (nSPS) is 19.7. The fourth-order valence-corrected chi connectivity index (χ4v) is 3.32. The highest BCUT2D eigenvalue weighted by Crippen LogP contribution is 2.23. The van der Waals surface area contributed by atoms with Gasteiger partial charge in [0.25, 0.3) is 5.91 Å². The number of aryl methyl sites for hydroxylation is 1. The van der Waals surface area contributed by atoms with E-state index in [2.05, 4.69) is 16.0 Å². The van der Waals surface area contributed by atoms with Gasteiger partial charge in [0, 0.05) is 38.6 Å². The minimum atomic E-state index is -0.600. The van der Waals surface area contributed by atoms with Crippen LogP contribution in [0.4, 0.5) is 4.79 Å². The highest BCUT2D eigenvalue weighted by atomic mass is 35.5. The van der Waals surface area contributed by atoms with Gasteiger partial charge in [-0.3, -0.25) is 4.79 Å². The topological polar surface area (TPSA) is 104 Å². The van der Waals surface area contributed by atoms with Gasteiger partial charge >= 0.3 is 11.7 Å². The van der Waals surface area contributed by atoms with Crippen molar-refractivity contribution in [1.29, 1.82) is 0 Å². The molecular weight excluding hydrogens is 360 g/mol. The van der Waals surface area contributed by atoms with Crippen molar-refractivity contribution in [3.63, 3.8) is 0 Å². The number of hydrogen-bond donors (Lipinski definition) is 3.